The van der Waals surface area contributed by atoms with Crippen LogP contribution in [0, 0.1) is 10.5 Å². The van der Waals surface area contributed by atoms with Crippen LogP contribution in [-0.4, -0.2) is 10.9 Å². The van der Waals surface area contributed by atoms with Crippen molar-refractivity contribution in [3.8, 4) is 0 Å². The van der Waals surface area contributed by atoms with Crippen molar-refractivity contribution in [1.82, 2.24) is 4.98 Å². The maximum Gasteiger partial charge on any atom is 0.274 e. The molecule has 0 spiro atoms. The van der Waals surface area contributed by atoms with Crippen molar-refractivity contribution in [1.29, 1.82) is 0 Å². The lowest BCUT2D eigenvalue weighted by Gasteiger charge is -2.09. The molecule has 0 saturated heterocycles. The molecule has 0 unspecified atom stereocenters. The standard InChI is InChI=1S/C13H10BrIN2O/c1-8-9(15)4-2-5-10(8)17-13(18)11-6-3-7-12(14)16-11/h2-7H,1H3,(H,17,18). The highest BCUT2D eigenvalue weighted by Gasteiger charge is 2.10. The Morgan fingerprint density at radius 2 is 2.00 bits per heavy atom. The third kappa shape index (κ3) is 3.08. The summed E-state index contributed by atoms with van der Waals surface area (Å²) in [6.07, 6.45) is 0. The van der Waals surface area contributed by atoms with Gasteiger partial charge in [-0.1, -0.05) is 12.1 Å². The average Bonchev–Trinajstić information content (AvgIpc) is 2.35. The first-order valence-corrected chi connectivity index (χ1v) is 7.14. The smallest absolute Gasteiger partial charge is 0.274 e. The molecule has 0 aliphatic heterocycles. The van der Waals surface area contributed by atoms with Crippen molar-refractivity contribution in [3.63, 3.8) is 0 Å². The summed E-state index contributed by atoms with van der Waals surface area (Å²) < 4.78 is 1.77. The minimum atomic E-state index is -0.207. The van der Waals surface area contributed by atoms with Crippen molar-refractivity contribution in [2.45, 2.75) is 6.92 Å². The molecule has 2 rings (SSSR count). The van der Waals surface area contributed by atoms with E-state index >= 15 is 0 Å². The number of benzene rings is 1. The summed E-state index contributed by atoms with van der Waals surface area (Å²) in [5.41, 5.74) is 2.26. The molecule has 2 aromatic rings. The number of hydrogen-bond acceptors (Lipinski definition) is 2. The number of nitrogens with one attached hydrogen (secondary N) is 1. The van der Waals surface area contributed by atoms with E-state index in [9.17, 15) is 4.79 Å². The Hall–Kier alpha value is -0.950. The monoisotopic (exact) mass is 416 g/mol. The van der Waals surface area contributed by atoms with Gasteiger partial charge in [0.05, 0.1) is 0 Å². The number of rotatable bonds is 2. The highest BCUT2D eigenvalue weighted by atomic mass is 127. The molecule has 0 radical (unpaired) electrons. The normalized spacial score (nSPS) is 10.2. The zero-order valence-electron chi connectivity index (χ0n) is 9.58. The second-order valence-electron chi connectivity index (χ2n) is 3.71. The summed E-state index contributed by atoms with van der Waals surface area (Å²) in [5.74, 6) is -0.207. The summed E-state index contributed by atoms with van der Waals surface area (Å²) in [4.78, 5) is 16.2. The first-order valence-electron chi connectivity index (χ1n) is 5.27. The molecule has 18 heavy (non-hydrogen) atoms. The van der Waals surface area contributed by atoms with Gasteiger partial charge in [0.25, 0.3) is 5.91 Å². The van der Waals surface area contributed by atoms with Gasteiger partial charge in [0.15, 0.2) is 0 Å². The fraction of sp³-hybridized carbons (Fsp3) is 0.0769. The van der Waals surface area contributed by atoms with Crippen LogP contribution in [0.25, 0.3) is 0 Å². The Labute approximate surface area is 127 Å². The fourth-order valence-electron chi connectivity index (χ4n) is 1.46. The molecule has 0 atom stereocenters. The van der Waals surface area contributed by atoms with Gasteiger partial charge in [0, 0.05) is 9.26 Å². The van der Waals surface area contributed by atoms with Crippen LogP contribution in [0.3, 0.4) is 0 Å². The molecule has 0 bridgehead atoms. The first-order chi connectivity index (χ1) is 8.58. The van der Waals surface area contributed by atoms with Crippen LogP contribution in [0.2, 0.25) is 0 Å². The molecule has 0 fully saturated rings. The molecule has 3 nitrogen and oxygen atoms in total. The van der Waals surface area contributed by atoms with E-state index in [0.717, 1.165) is 14.8 Å². The molecular formula is C13H10BrIN2O. The van der Waals surface area contributed by atoms with Gasteiger partial charge in [-0.2, -0.15) is 0 Å². The Kier molecular flexibility index (Phi) is 4.34. The average molecular weight is 417 g/mol. The number of halogens is 2. The highest BCUT2D eigenvalue weighted by molar-refractivity contribution is 14.1. The molecule has 5 heteroatoms. The molecule has 92 valence electrons. The topological polar surface area (TPSA) is 42.0 Å². The Morgan fingerprint density at radius 3 is 2.72 bits per heavy atom. The number of pyridine rings is 1. The van der Waals surface area contributed by atoms with E-state index < -0.39 is 0 Å². The van der Waals surface area contributed by atoms with Crippen molar-refractivity contribution in [3.05, 3.63) is 55.8 Å². The number of amides is 1. The van der Waals surface area contributed by atoms with E-state index in [1.165, 1.54) is 0 Å². The van der Waals surface area contributed by atoms with Gasteiger partial charge in [0.1, 0.15) is 10.3 Å². The first kappa shape index (κ1) is 13.5. The number of carbonyl (C=O) groups is 1. The van der Waals surface area contributed by atoms with Crippen LogP contribution in [0.5, 0.6) is 0 Å². The molecule has 1 N–H and O–H groups in total. The molecule has 1 heterocycles. The van der Waals surface area contributed by atoms with Crippen molar-refractivity contribution >= 4 is 50.1 Å². The summed E-state index contributed by atoms with van der Waals surface area (Å²) in [7, 11) is 0. The maximum absolute atomic E-state index is 12.0. The minimum Gasteiger partial charge on any atom is -0.320 e. The van der Waals surface area contributed by atoms with E-state index in [-0.39, 0.29) is 5.91 Å². The van der Waals surface area contributed by atoms with E-state index in [1.807, 2.05) is 25.1 Å². The lowest BCUT2D eigenvalue weighted by molar-refractivity contribution is 0.102. The number of anilines is 1. The number of nitrogens with zero attached hydrogens (tertiary/aromatic N) is 1. The highest BCUT2D eigenvalue weighted by Crippen LogP contribution is 2.21. The van der Waals surface area contributed by atoms with E-state index in [4.69, 9.17) is 0 Å². The van der Waals surface area contributed by atoms with Gasteiger partial charge in [-0.3, -0.25) is 4.79 Å². The van der Waals surface area contributed by atoms with Gasteiger partial charge in [-0.05, 0) is 75.3 Å². The van der Waals surface area contributed by atoms with Crippen LogP contribution in [0.4, 0.5) is 5.69 Å². The van der Waals surface area contributed by atoms with Crippen molar-refractivity contribution in [2.75, 3.05) is 5.32 Å². The predicted octanol–water partition coefficient (Wildman–Crippen LogP) is 4.01. The SMILES string of the molecule is Cc1c(I)cccc1NC(=O)c1cccc(Br)n1. The van der Waals surface area contributed by atoms with Gasteiger partial charge in [0.2, 0.25) is 0 Å². The van der Waals surface area contributed by atoms with Crippen molar-refractivity contribution < 1.29 is 4.79 Å². The third-order valence-corrected chi connectivity index (χ3v) is 4.07. The van der Waals surface area contributed by atoms with Crippen LogP contribution in [0.1, 0.15) is 16.1 Å². The second-order valence-corrected chi connectivity index (χ2v) is 5.69. The summed E-state index contributed by atoms with van der Waals surface area (Å²) in [6, 6.07) is 11.1. The Morgan fingerprint density at radius 1 is 1.28 bits per heavy atom. The zero-order chi connectivity index (χ0) is 13.1. The van der Waals surface area contributed by atoms with Crippen LogP contribution in [0.15, 0.2) is 41.0 Å². The largest absolute Gasteiger partial charge is 0.320 e. The van der Waals surface area contributed by atoms with E-state index in [0.29, 0.717) is 10.3 Å². The Balaban J connectivity index is 2.24. The van der Waals surface area contributed by atoms with Crippen LogP contribution >= 0.6 is 38.5 Å². The fourth-order valence-corrected chi connectivity index (χ4v) is 2.31. The van der Waals surface area contributed by atoms with Gasteiger partial charge < -0.3 is 5.32 Å². The number of hydrogen-bond donors (Lipinski definition) is 1. The van der Waals surface area contributed by atoms with Gasteiger partial charge >= 0.3 is 0 Å². The number of aromatic nitrogens is 1. The third-order valence-electron chi connectivity index (χ3n) is 2.46. The molecule has 1 amide bonds. The molecular weight excluding hydrogens is 407 g/mol. The lowest BCUT2D eigenvalue weighted by Crippen LogP contribution is -2.14. The molecule has 0 saturated carbocycles. The Bertz CT molecular complexity index is 601. The van der Waals surface area contributed by atoms with Gasteiger partial charge in [-0.25, -0.2) is 4.98 Å². The molecule has 1 aromatic heterocycles. The van der Waals surface area contributed by atoms with Crippen LogP contribution in [-0.2, 0) is 0 Å². The van der Waals surface area contributed by atoms with Gasteiger partial charge in [-0.15, -0.1) is 0 Å². The summed E-state index contributed by atoms with van der Waals surface area (Å²) in [6.45, 7) is 1.98. The van der Waals surface area contributed by atoms with Crippen LogP contribution < -0.4 is 5.32 Å². The summed E-state index contributed by atoms with van der Waals surface area (Å²) in [5, 5.41) is 2.87. The summed E-state index contributed by atoms with van der Waals surface area (Å²) >= 11 is 5.49. The molecule has 0 aliphatic carbocycles. The van der Waals surface area contributed by atoms with E-state index in [2.05, 4.69) is 48.8 Å². The second kappa shape index (κ2) is 5.79. The van der Waals surface area contributed by atoms with Crippen molar-refractivity contribution in [2.24, 2.45) is 0 Å². The molecule has 1 aromatic carbocycles. The quantitative estimate of drug-likeness (QED) is 0.593. The zero-order valence-corrected chi connectivity index (χ0v) is 13.3. The van der Waals surface area contributed by atoms with E-state index in [1.54, 1.807) is 18.2 Å². The maximum atomic E-state index is 12.0. The minimum absolute atomic E-state index is 0.207. The molecule has 0 aliphatic rings. The lowest BCUT2D eigenvalue weighted by atomic mass is 10.2. The number of carbonyl (C=O) groups excluding carboxylic acids is 1. The predicted molar refractivity (Wildman–Crippen MR) is 83.8 cm³/mol.